The van der Waals surface area contributed by atoms with E-state index in [2.05, 4.69) is 4.90 Å². The highest BCUT2D eigenvalue weighted by atomic mass is 16.5. The van der Waals surface area contributed by atoms with E-state index in [0.717, 1.165) is 19.6 Å². The summed E-state index contributed by atoms with van der Waals surface area (Å²) in [5.74, 6) is 0. The summed E-state index contributed by atoms with van der Waals surface area (Å²) in [7, 11) is 0. The van der Waals surface area contributed by atoms with Gasteiger partial charge in [-0.15, -0.1) is 0 Å². The summed E-state index contributed by atoms with van der Waals surface area (Å²) >= 11 is 0. The molecule has 2 atom stereocenters. The van der Waals surface area contributed by atoms with Gasteiger partial charge in [-0.2, -0.15) is 0 Å². The molecule has 1 aliphatic carbocycles. The molecule has 2 aliphatic heterocycles. The first-order valence-electron chi connectivity index (χ1n) is 7.29. The molecule has 2 unspecified atom stereocenters. The third-order valence-electron chi connectivity index (χ3n) is 5.28. The molecule has 0 aromatic rings. The molecule has 17 heavy (non-hydrogen) atoms. The molecule has 0 radical (unpaired) electrons. The molecule has 3 aliphatic rings. The second-order valence-electron chi connectivity index (χ2n) is 6.24. The van der Waals surface area contributed by atoms with Crippen molar-refractivity contribution < 1.29 is 9.84 Å². The number of hydrogen-bond acceptors (Lipinski definition) is 3. The minimum absolute atomic E-state index is 0.165. The van der Waals surface area contributed by atoms with Gasteiger partial charge in [-0.3, -0.25) is 4.90 Å². The lowest BCUT2D eigenvalue weighted by atomic mass is 9.76. The minimum atomic E-state index is -0.165. The Morgan fingerprint density at radius 1 is 1.06 bits per heavy atom. The Balaban J connectivity index is 1.57. The third-order valence-corrected chi connectivity index (χ3v) is 5.28. The quantitative estimate of drug-likeness (QED) is 0.757. The third kappa shape index (κ3) is 2.38. The van der Waals surface area contributed by atoms with E-state index in [4.69, 9.17) is 4.74 Å². The predicted octanol–water partition coefficient (Wildman–Crippen LogP) is 1.79. The standard InChI is InChI=1S/C14H25NO2/c16-13-3-10-17-11-12(13)15-8-6-14(7-9-15)4-1-2-5-14/h12-13,16H,1-11H2. The van der Waals surface area contributed by atoms with Crippen LogP contribution in [0.4, 0.5) is 0 Å². The van der Waals surface area contributed by atoms with E-state index in [9.17, 15) is 5.11 Å². The fourth-order valence-electron chi connectivity index (χ4n) is 4.02. The Kier molecular flexibility index (Phi) is 3.42. The Bertz CT molecular complexity index is 253. The summed E-state index contributed by atoms with van der Waals surface area (Å²) in [6, 6.07) is 0.266. The number of nitrogens with zero attached hydrogens (tertiary/aromatic N) is 1. The summed E-state index contributed by atoms with van der Waals surface area (Å²) in [6.45, 7) is 3.81. The van der Waals surface area contributed by atoms with Crippen LogP contribution in [-0.4, -0.2) is 48.5 Å². The fraction of sp³-hybridized carbons (Fsp3) is 1.00. The Labute approximate surface area is 104 Å². The fourth-order valence-corrected chi connectivity index (χ4v) is 4.02. The van der Waals surface area contributed by atoms with Crippen LogP contribution >= 0.6 is 0 Å². The van der Waals surface area contributed by atoms with Crippen LogP contribution in [0.1, 0.15) is 44.9 Å². The van der Waals surface area contributed by atoms with Crippen LogP contribution in [0.2, 0.25) is 0 Å². The van der Waals surface area contributed by atoms with Crippen LogP contribution in [0, 0.1) is 5.41 Å². The van der Waals surface area contributed by atoms with Crippen molar-refractivity contribution in [1.29, 1.82) is 0 Å². The highest BCUT2D eigenvalue weighted by molar-refractivity contribution is 4.93. The van der Waals surface area contributed by atoms with Crippen LogP contribution in [0.5, 0.6) is 0 Å². The van der Waals surface area contributed by atoms with Gasteiger partial charge >= 0.3 is 0 Å². The van der Waals surface area contributed by atoms with Crippen molar-refractivity contribution in [3.8, 4) is 0 Å². The first kappa shape index (κ1) is 11.9. The maximum atomic E-state index is 10.1. The number of likely N-dealkylation sites (tertiary alicyclic amines) is 1. The van der Waals surface area contributed by atoms with Gasteiger partial charge < -0.3 is 9.84 Å². The van der Waals surface area contributed by atoms with E-state index < -0.39 is 0 Å². The number of aliphatic hydroxyl groups excluding tert-OH is 1. The van der Waals surface area contributed by atoms with Crippen LogP contribution in [0.3, 0.4) is 0 Å². The van der Waals surface area contributed by atoms with Gasteiger partial charge in [-0.05, 0) is 50.6 Å². The lowest BCUT2D eigenvalue weighted by Gasteiger charge is -2.45. The summed E-state index contributed by atoms with van der Waals surface area (Å²) in [5, 5.41) is 10.1. The zero-order chi connectivity index (χ0) is 11.7. The first-order chi connectivity index (χ1) is 8.29. The molecule has 98 valence electrons. The summed E-state index contributed by atoms with van der Waals surface area (Å²) < 4.78 is 5.52. The molecular formula is C14H25NO2. The monoisotopic (exact) mass is 239 g/mol. The first-order valence-corrected chi connectivity index (χ1v) is 7.29. The summed E-state index contributed by atoms with van der Waals surface area (Å²) in [4.78, 5) is 2.48. The number of aliphatic hydroxyl groups is 1. The molecule has 0 bridgehead atoms. The molecule has 0 aromatic heterocycles. The molecule has 3 nitrogen and oxygen atoms in total. The maximum absolute atomic E-state index is 10.1. The molecule has 1 spiro atoms. The zero-order valence-corrected chi connectivity index (χ0v) is 10.7. The molecule has 2 saturated heterocycles. The van der Waals surface area contributed by atoms with Gasteiger partial charge in [0.05, 0.1) is 18.8 Å². The molecule has 0 amide bonds. The van der Waals surface area contributed by atoms with Crippen molar-refractivity contribution in [1.82, 2.24) is 4.90 Å². The predicted molar refractivity (Wildman–Crippen MR) is 66.9 cm³/mol. The molecule has 2 heterocycles. The number of hydrogen-bond donors (Lipinski definition) is 1. The zero-order valence-electron chi connectivity index (χ0n) is 10.7. The van der Waals surface area contributed by atoms with Gasteiger partial charge in [0.15, 0.2) is 0 Å². The van der Waals surface area contributed by atoms with Gasteiger partial charge in [0.25, 0.3) is 0 Å². The highest BCUT2D eigenvalue weighted by Gasteiger charge is 2.40. The van der Waals surface area contributed by atoms with E-state index in [1.54, 1.807) is 0 Å². The number of ether oxygens (including phenoxy) is 1. The Morgan fingerprint density at radius 3 is 2.41 bits per heavy atom. The lowest BCUT2D eigenvalue weighted by Crippen LogP contribution is -2.53. The molecule has 1 saturated carbocycles. The van der Waals surface area contributed by atoms with E-state index in [-0.39, 0.29) is 12.1 Å². The van der Waals surface area contributed by atoms with Gasteiger partial charge in [-0.1, -0.05) is 12.8 Å². The number of rotatable bonds is 1. The van der Waals surface area contributed by atoms with Crippen LogP contribution < -0.4 is 0 Å². The number of piperidine rings is 1. The van der Waals surface area contributed by atoms with Crippen LogP contribution in [0.25, 0.3) is 0 Å². The average Bonchev–Trinajstić information content (AvgIpc) is 2.80. The minimum Gasteiger partial charge on any atom is -0.391 e. The van der Waals surface area contributed by atoms with E-state index >= 15 is 0 Å². The molecule has 3 fully saturated rings. The average molecular weight is 239 g/mol. The van der Waals surface area contributed by atoms with E-state index in [1.807, 2.05) is 0 Å². The largest absolute Gasteiger partial charge is 0.391 e. The SMILES string of the molecule is OC1CCOCC1N1CCC2(CCCC2)CC1. The molecule has 0 aromatic carbocycles. The van der Waals surface area contributed by atoms with Gasteiger partial charge in [0, 0.05) is 6.61 Å². The van der Waals surface area contributed by atoms with E-state index in [1.165, 1.54) is 51.6 Å². The van der Waals surface area contributed by atoms with Crippen LogP contribution in [-0.2, 0) is 4.74 Å². The lowest BCUT2D eigenvalue weighted by molar-refractivity contribution is -0.0752. The smallest absolute Gasteiger partial charge is 0.0739 e. The Morgan fingerprint density at radius 2 is 1.76 bits per heavy atom. The molecular weight excluding hydrogens is 214 g/mol. The van der Waals surface area contributed by atoms with E-state index in [0.29, 0.717) is 5.41 Å². The van der Waals surface area contributed by atoms with Crippen LogP contribution in [0.15, 0.2) is 0 Å². The van der Waals surface area contributed by atoms with Crippen molar-refractivity contribution in [3.63, 3.8) is 0 Å². The molecule has 1 N–H and O–H groups in total. The Hall–Kier alpha value is -0.120. The van der Waals surface area contributed by atoms with Gasteiger partial charge in [0.1, 0.15) is 0 Å². The van der Waals surface area contributed by atoms with Crippen molar-refractivity contribution in [2.24, 2.45) is 5.41 Å². The molecule has 3 rings (SSSR count). The second kappa shape index (κ2) is 4.87. The van der Waals surface area contributed by atoms with Crippen molar-refractivity contribution >= 4 is 0 Å². The van der Waals surface area contributed by atoms with Crippen molar-refractivity contribution in [2.45, 2.75) is 57.1 Å². The maximum Gasteiger partial charge on any atom is 0.0739 e. The molecule has 3 heteroatoms. The van der Waals surface area contributed by atoms with Gasteiger partial charge in [-0.25, -0.2) is 0 Å². The van der Waals surface area contributed by atoms with Crippen molar-refractivity contribution in [3.05, 3.63) is 0 Å². The summed E-state index contributed by atoms with van der Waals surface area (Å²) in [6.07, 6.45) is 9.11. The second-order valence-corrected chi connectivity index (χ2v) is 6.24. The normalized spacial score (nSPS) is 38.6. The van der Waals surface area contributed by atoms with Crippen molar-refractivity contribution in [2.75, 3.05) is 26.3 Å². The van der Waals surface area contributed by atoms with Gasteiger partial charge in [0.2, 0.25) is 0 Å². The highest BCUT2D eigenvalue weighted by Crippen LogP contribution is 2.46. The topological polar surface area (TPSA) is 32.7 Å². The summed E-state index contributed by atoms with van der Waals surface area (Å²) in [5.41, 5.74) is 0.678.